The van der Waals surface area contributed by atoms with E-state index >= 15 is 0 Å². The zero-order valence-electron chi connectivity index (χ0n) is 8.10. The summed E-state index contributed by atoms with van der Waals surface area (Å²) in [6.07, 6.45) is 14.3. The minimum absolute atomic E-state index is 0.743. The molecule has 15 heavy (non-hydrogen) atoms. The lowest BCUT2D eigenvalue weighted by Crippen LogP contribution is -2.28. The second-order valence-corrected chi connectivity index (χ2v) is 4.03. The van der Waals surface area contributed by atoms with E-state index in [2.05, 4.69) is 0 Å². The molecule has 0 aromatic carbocycles. The summed E-state index contributed by atoms with van der Waals surface area (Å²) >= 11 is 0. The third-order valence-corrected chi connectivity index (χ3v) is 3.20. The van der Waals surface area contributed by atoms with Gasteiger partial charge < -0.3 is 5.11 Å². The molecule has 0 spiro atoms. The molecule has 3 rings (SSSR count). The zero-order chi connectivity index (χ0) is 10.5. The monoisotopic (exact) mass is 198 g/mol. The fraction of sp³-hybridized carbons (Fsp3) is 0.154. The van der Waals surface area contributed by atoms with Gasteiger partial charge in [-0.3, -0.25) is 4.79 Å². The molecule has 1 unspecified atom stereocenters. The summed E-state index contributed by atoms with van der Waals surface area (Å²) in [5.41, 5.74) is 2.24. The van der Waals surface area contributed by atoms with Gasteiger partial charge in [0.25, 0.3) is 0 Å². The van der Waals surface area contributed by atoms with Gasteiger partial charge in [0.05, 0.1) is 0 Å². The molecule has 1 N–H and O–H groups in total. The number of hydrogen-bond donors (Lipinski definition) is 1. The Morgan fingerprint density at radius 1 is 1.40 bits per heavy atom. The molecule has 0 aliphatic heterocycles. The number of hydrogen-bond acceptors (Lipinski definition) is 1. The van der Waals surface area contributed by atoms with E-state index in [0.717, 1.165) is 23.1 Å². The van der Waals surface area contributed by atoms with Gasteiger partial charge in [-0.2, -0.15) is 0 Å². The summed E-state index contributed by atoms with van der Waals surface area (Å²) in [5, 5.41) is 9.34. The summed E-state index contributed by atoms with van der Waals surface area (Å²) in [4.78, 5) is 11.4. The van der Waals surface area contributed by atoms with Crippen LogP contribution in [0, 0.1) is 5.41 Å². The maximum absolute atomic E-state index is 11.4. The lowest BCUT2D eigenvalue weighted by atomic mass is 9.76. The standard InChI is InChI=1S/C13H10O2/c14-12(15)13-6-2-5-11(13)7-9-3-1-4-10(9)8-13/h1-4,6-8H,5H2,(H,14,15). The van der Waals surface area contributed by atoms with Crippen molar-refractivity contribution < 1.29 is 9.90 Å². The number of carboxylic acids is 1. The maximum Gasteiger partial charge on any atom is 0.321 e. The van der Waals surface area contributed by atoms with Crippen molar-refractivity contribution in [2.75, 3.05) is 0 Å². The number of fused-ring (bicyclic) bond motifs is 2. The van der Waals surface area contributed by atoms with Crippen molar-refractivity contribution in [2.24, 2.45) is 5.41 Å². The Morgan fingerprint density at radius 2 is 2.27 bits per heavy atom. The average Bonchev–Trinajstić information content (AvgIpc) is 2.78. The smallest absolute Gasteiger partial charge is 0.321 e. The van der Waals surface area contributed by atoms with Crippen LogP contribution in [0.5, 0.6) is 0 Å². The summed E-state index contributed by atoms with van der Waals surface area (Å²) in [5.74, 6) is -0.783. The summed E-state index contributed by atoms with van der Waals surface area (Å²) in [7, 11) is 0. The minimum atomic E-state index is -0.874. The number of rotatable bonds is 1. The van der Waals surface area contributed by atoms with E-state index in [1.54, 1.807) is 6.08 Å². The van der Waals surface area contributed by atoms with Crippen molar-refractivity contribution in [3.8, 4) is 0 Å². The summed E-state index contributed by atoms with van der Waals surface area (Å²) in [6, 6.07) is 0. The van der Waals surface area contributed by atoms with E-state index in [1.807, 2.05) is 36.5 Å². The number of allylic oxidation sites excluding steroid dienone is 7. The van der Waals surface area contributed by atoms with E-state index in [4.69, 9.17) is 0 Å². The van der Waals surface area contributed by atoms with Gasteiger partial charge in [0, 0.05) is 0 Å². The van der Waals surface area contributed by atoms with Crippen LogP contribution in [0.4, 0.5) is 0 Å². The predicted molar refractivity (Wildman–Crippen MR) is 57.2 cm³/mol. The Kier molecular flexibility index (Phi) is 1.47. The second kappa shape index (κ2) is 2.60. The van der Waals surface area contributed by atoms with Crippen molar-refractivity contribution in [2.45, 2.75) is 6.42 Å². The first-order valence-electron chi connectivity index (χ1n) is 4.96. The molecule has 0 saturated heterocycles. The highest BCUT2D eigenvalue weighted by Gasteiger charge is 2.42. The van der Waals surface area contributed by atoms with Gasteiger partial charge in [-0.05, 0) is 23.1 Å². The van der Waals surface area contributed by atoms with Crippen LogP contribution in [0.15, 0.2) is 59.3 Å². The molecule has 3 aliphatic carbocycles. The van der Waals surface area contributed by atoms with Gasteiger partial charge in [-0.15, -0.1) is 0 Å². The Balaban J connectivity index is 2.21. The molecular formula is C13H10O2. The van der Waals surface area contributed by atoms with Crippen LogP contribution >= 0.6 is 0 Å². The molecular weight excluding hydrogens is 188 g/mol. The van der Waals surface area contributed by atoms with Gasteiger partial charge in [-0.25, -0.2) is 0 Å². The van der Waals surface area contributed by atoms with Crippen LogP contribution in [-0.2, 0) is 4.79 Å². The molecule has 0 aromatic rings. The van der Waals surface area contributed by atoms with Gasteiger partial charge >= 0.3 is 5.97 Å². The summed E-state index contributed by atoms with van der Waals surface area (Å²) < 4.78 is 0. The Hall–Kier alpha value is -1.83. The van der Waals surface area contributed by atoms with Crippen LogP contribution in [0.25, 0.3) is 0 Å². The first-order valence-corrected chi connectivity index (χ1v) is 4.96. The minimum Gasteiger partial charge on any atom is -0.480 e. The largest absolute Gasteiger partial charge is 0.480 e. The van der Waals surface area contributed by atoms with Crippen LogP contribution in [0.3, 0.4) is 0 Å². The lowest BCUT2D eigenvalue weighted by Gasteiger charge is -2.26. The van der Waals surface area contributed by atoms with Crippen molar-refractivity contribution in [1.29, 1.82) is 0 Å². The van der Waals surface area contributed by atoms with Gasteiger partial charge in [0.2, 0.25) is 0 Å². The van der Waals surface area contributed by atoms with Gasteiger partial charge in [0.1, 0.15) is 5.41 Å². The quantitative estimate of drug-likeness (QED) is 0.657. The van der Waals surface area contributed by atoms with Crippen molar-refractivity contribution >= 4 is 5.97 Å². The molecule has 0 amide bonds. The van der Waals surface area contributed by atoms with E-state index < -0.39 is 11.4 Å². The molecule has 0 bridgehead atoms. The van der Waals surface area contributed by atoms with Crippen molar-refractivity contribution in [1.82, 2.24) is 0 Å². The first kappa shape index (κ1) is 8.48. The molecule has 1 atom stereocenters. The van der Waals surface area contributed by atoms with Gasteiger partial charge in [-0.1, -0.05) is 42.5 Å². The number of aliphatic carboxylic acids is 1. The van der Waals surface area contributed by atoms with E-state index in [-0.39, 0.29) is 0 Å². The molecule has 0 heterocycles. The lowest BCUT2D eigenvalue weighted by molar-refractivity contribution is -0.141. The summed E-state index contributed by atoms with van der Waals surface area (Å²) in [6.45, 7) is 0. The molecule has 0 radical (unpaired) electrons. The maximum atomic E-state index is 11.4. The third kappa shape index (κ3) is 0.962. The van der Waals surface area contributed by atoms with Crippen LogP contribution < -0.4 is 0 Å². The Labute approximate surface area is 87.6 Å². The van der Waals surface area contributed by atoms with Crippen LogP contribution in [-0.4, -0.2) is 11.1 Å². The van der Waals surface area contributed by atoms with E-state index in [1.165, 1.54) is 0 Å². The predicted octanol–water partition coefficient (Wildman–Crippen LogP) is 2.38. The molecule has 2 nitrogen and oxygen atoms in total. The average molecular weight is 198 g/mol. The molecule has 0 saturated carbocycles. The fourth-order valence-electron chi connectivity index (χ4n) is 2.38. The normalized spacial score (nSPS) is 30.5. The highest BCUT2D eigenvalue weighted by Crippen LogP contribution is 2.45. The zero-order valence-corrected chi connectivity index (χ0v) is 8.10. The molecule has 3 aliphatic rings. The van der Waals surface area contributed by atoms with Crippen LogP contribution in [0.1, 0.15) is 6.42 Å². The Bertz CT molecular complexity index is 501. The van der Waals surface area contributed by atoms with E-state index in [0.29, 0.717) is 0 Å². The molecule has 0 aromatic heterocycles. The number of carbonyl (C=O) groups is 1. The van der Waals surface area contributed by atoms with Crippen molar-refractivity contribution in [3.05, 3.63) is 59.3 Å². The van der Waals surface area contributed by atoms with E-state index in [9.17, 15) is 9.90 Å². The second-order valence-electron chi connectivity index (χ2n) is 4.03. The highest BCUT2D eigenvalue weighted by molar-refractivity contribution is 5.87. The topological polar surface area (TPSA) is 37.3 Å². The molecule has 2 heteroatoms. The molecule has 74 valence electrons. The molecule has 0 fully saturated rings. The van der Waals surface area contributed by atoms with Crippen LogP contribution in [0.2, 0.25) is 0 Å². The SMILES string of the molecule is O=C(O)C12C=CCC1=CC1=CC=CC1=C2. The van der Waals surface area contributed by atoms with Crippen molar-refractivity contribution in [3.63, 3.8) is 0 Å². The first-order chi connectivity index (χ1) is 7.22. The van der Waals surface area contributed by atoms with Gasteiger partial charge in [0.15, 0.2) is 0 Å². The highest BCUT2D eigenvalue weighted by atomic mass is 16.4. The number of carboxylic acid groups (broad SMARTS) is 1. The Morgan fingerprint density at radius 3 is 3.07 bits per heavy atom. The third-order valence-electron chi connectivity index (χ3n) is 3.20. The fourth-order valence-corrected chi connectivity index (χ4v) is 2.38.